The van der Waals surface area contributed by atoms with E-state index in [9.17, 15) is 0 Å². The first-order valence-electron chi connectivity index (χ1n) is 5.71. The first-order chi connectivity index (χ1) is 8.27. The van der Waals surface area contributed by atoms with Gasteiger partial charge in [0.25, 0.3) is 0 Å². The second-order valence-corrected chi connectivity index (χ2v) is 4.67. The van der Waals surface area contributed by atoms with Crippen LogP contribution in [0.3, 0.4) is 0 Å². The minimum absolute atomic E-state index is 0.160. The van der Waals surface area contributed by atoms with E-state index < -0.39 is 0 Å². The largest absolute Gasteiger partial charge is 0.308 e. The summed E-state index contributed by atoms with van der Waals surface area (Å²) in [5.74, 6) is 0. The van der Waals surface area contributed by atoms with Gasteiger partial charge in [-0.25, -0.2) is 0 Å². The number of benzene rings is 1. The standard InChI is InChI=1S/C13H16BrN3/c1-3-17-12(8-9-16-17)13(15-2)10-6-4-5-7-11(10)14/h4-9,13,15H,3H2,1-2H3. The van der Waals surface area contributed by atoms with Crippen LogP contribution in [0.1, 0.15) is 24.2 Å². The maximum atomic E-state index is 4.32. The molecule has 0 fully saturated rings. The number of nitrogens with one attached hydrogen (secondary N) is 1. The van der Waals surface area contributed by atoms with Crippen LogP contribution in [0.2, 0.25) is 0 Å². The van der Waals surface area contributed by atoms with Crippen LogP contribution in [0.5, 0.6) is 0 Å². The van der Waals surface area contributed by atoms with Crippen molar-refractivity contribution in [1.82, 2.24) is 15.1 Å². The predicted octanol–water partition coefficient (Wildman–Crippen LogP) is 2.97. The van der Waals surface area contributed by atoms with E-state index in [4.69, 9.17) is 0 Å². The molecule has 3 nitrogen and oxygen atoms in total. The first kappa shape index (κ1) is 12.3. The van der Waals surface area contributed by atoms with Gasteiger partial charge in [-0.3, -0.25) is 4.68 Å². The van der Waals surface area contributed by atoms with E-state index >= 15 is 0 Å². The summed E-state index contributed by atoms with van der Waals surface area (Å²) in [5, 5.41) is 7.67. The molecule has 0 spiro atoms. The van der Waals surface area contributed by atoms with Crippen molar-refractivity contribution in [2.75, 3.05) is 7.05 Å². The molecule has 1 N–H and O–H groups in total. The number of aromatic nitrogens is 2. The smallest absolute Gasteiger partial charge is 0.0756 e. The van der Waals surface area contributed by atoms with Crippen molar-refractivity contribution in [3.8, 4) is 0 Å². The Bertz CT molecular complexity index is 493. The molecular formula is C13H16BrN3. The average Bonchev–Trinajstić information content (AvgIpc) is 2.81. The van der Waals surface area contributed by atoms with E-state index in [1.165, 1.54) is 11.3 Å². The second kappa shape index (κ2) is 5.47. The molecule has 0 amide bonds. The highest BCUT2D eigenvalue weighted by molar-refractivity contribution is 9.10. The lowest BCUT2D eigenvalue weighted by atomic mass is 10.0. The molecule has 4 heteroatoms. The molecule has 90 valence electrons. The van der Waals surface area contributed by atoms with Crippen molar-refractivity contribution in [2.24, 2.45) is 0 Å². The number of aryl methyl sites for hydroxylation is 1. The van der Waals surface area contributed by atoms with Crippen LogP contribution < -0.4 is 5.32 Å². The maximum Gasteiger partial charge on any atom is 0.0756 e. The fourth-order valence-electron chi connectivity index (χ4n) is 2.02. The summed E-state index contributed by atoms with van der Waals surface area (Å²) in [7, 11) is 1.97. The summed E-state index contributed by atoms with van der Waals surface area (Å²) in [6, 6.07) is 10.5. The third kappa shape index (κ3) is 2.42. The SMILES string of the molecule is CCn1nccc1C(NC)c1ccccc1Br. The summed E-state index contributed by atoms with van der Waals surface area (Å²) in [5.41, 5.74) is 2.41. The van der Waals surface area contributed by atoms with Crippen molar-refractivity contribution >= 4 is 15.9 Å². The van der Waals surface area contributed by atoms with Crippen LogP contribution in [-0.2, 0) is 6.54 Å². The molecule has 0 saturated carbocycles. The molecule has 0 radical (unpaired) electrons. The molecule has 1 atom stereocenters. The number of nitrogens with zero attached hydrogens (tertiary/aromatic N) is 2. The molecule has 1 heterocycles. The zero-order valence-corrected chi connectivity index (χ0v) is 11.6. The van der Waals surface area contributed by atoms with Crippen LogP contribution >= 0.6 is 15.9 Å². The summed E-state index contributed by atoms with van der Waals surface area (Å²) in [6.07, 6.45) is 1.85. The van der Waals surface area contributed by atoms with Gasteiger partial charge < -0.3 is 5.32 Å². The summed E-state index contributed by atoms with van der Waals surface area (Å²) < 4.78 is 3.13. The van der Waals surface area contributed by atoms with Crippen LogP contribution in [-0.4, -0.2) is 16.8 Å². The monoisotopic (exact) mass is 293 g/mol. The topological polar surface area (TPSA) is 29.9 Å². The number of rotatable bonds is 4. The minimum Gasteiger partial charge on any atom is -0.308 e. The number of hydrogen-bond acceptors (Lipinski definition) is 2. The Morgan fingerprint density at radius 3 is 2.76 bits per heavy atom. The van der Waals surface area contributed by atoms with Gasteiger partial charge in [0.2, 0.25) is 0 Å². The zero-order valence-electron chi connectivity index (χ0n) is 10.0. The van der Waals surface area contributed by atoms with Gasteiger partial charge in [0.1, 0.15) is 0 Å². The molecule has 2 rings (SSSR count). The van der Waals surface area contributed by atoms with Gasteiger partial charge in [-0.1, -0.05) is 34.1 Å². The molecule has 0 saturated heterocycles. The second-order valence-electron chi connectivity index (χ2n) is 3.82. The van der Waals surface area contributed by atoms with Crippen LogP contribution in [0.25, 0.3) is 0 Å². The first-order valence-corrected chi connectivity index (χ1v) is 6.50. The van der Waals surface area contributed by atoms with Crippen LogP contribution in [0.15, 0.2) is 41.0 Å². The normalized spacial score (nSPS) is 12.6. The average molecular weight is 294 g/mol. The summed E-state index contributed by atoms with van der Waals surface area (Å²) in [4.78, 5) is 0. The lowest BCUT2D eigenvalue weighted by molar-refractivity contribution is 0.562. The third-order valence-electron chi connectivity index (χ3n) is 2.85. The summed E-state index contributed by atoms with van der Waals surface area (Å²) >= 11 is 3.60. The summed E-state index contributed by atoms with van der Waals surface area (Å²) in [6.45, 7) is 2.98. The van der Waals surface area contributed by atoms with Gasteiger partial charge in [-0.05, 0) is 31.7 Å². The minimum atomic E-state index is 0.160. The molecule has 0 aliphatic carbocycles. The van der Waals surface area contributed by atoms with E-state index in [2.05, 4.69) is 57.5 Å². The van der Waals surface area contributed by atoms with Gasteiger partial charge in [0.15, 0.2) is 0 Å². The predicted molar refractivity (Wildman–Crippen MR) is 72.9 cm³/mol. The number of halogens is 1. The van der Waals surface area contributed by atoms with E-state index in [0.717, 1.165) is 11.0 Å². The molecular weight excluding hydrogens is 278 g/mol. The Morgan fingerprint density at radius 1 is 1.35 bits per heavy atom. The molecule has 2 aromatic rings. The van der Waals surface area contributed by atoms with Gasteiger partial charge in [-0.15, -0.1) is 0 Å². The fraction of sp³-hybridized carbons (Fsp3) is 0.308. The third-order valence-corrected chi connectivity index (χ3v) is 3.57. The highest BCUT2D eigenvalue weighted by Gasteiger charge is 2.17. The van der Waals surface area contributed by atoms with Crippen molar-refractivity contribution in [3.05, 3.63) is 52.3 Å². The molecule has 17 heavy (non-hydrogen) atoms. The van der Waals surface area contributed by atoms with Crippen molar-refractivity contribution in [3.63, 3.8) is 0 Å². The lowest BCUT2D eigenvalue weighted by Crippen LogP contribution is -2.21. The molecule has 0 aliphatic rings. The molecule has 1 aromatic carbocycles. The molecule has 0 aliphatic heterocycles. The van der Waals surface area contributed by atoms with Crippen LogP contribution in [0.4, 0.5) is 0 Å². The Labute approximate surface area is 110 Å². The Morgan fingerprint density at radius 2 is 2.12 bits per heavy atom. The highest BCUT2D eigenvalue weighted by Crippen LogP contribution is 2.27. The van der Waals surface area contributed by atoms with E-state index in [1.54, 1.807) is 0 Å². The molecule has 1 unspecified atom stereocenters. The Balaban J connectivity index is 2.44. The van der Waals surface area contributed by atoms with Crippen molar-refractivity contribution < 1.29 is 0 Å². The van der Waals surface area contributed by atoms with Gasteiger partial charge in [0, 0.05) is 17.2 Å². The van der Waals surface area contributed by atoms with E-state index in [1.807, 2.05) is 24.0 Å². The molecule has 0 bridgehead atoms. The zero-order chi connectivity index (χ0) is 12.3. The Kier molecular flexibility index (Phi) is 3.97. The fourth-order valence-corrected chi connectivity index (χ4v) is 2.54. The van der Waals surface area contributed by atoms with Gasteiger partial charge in [-0.2, -0.15) is 5.10 Å². The van der Waals surface area contributed by atoms with Crippen LogP contribution in [0, 0.1) is 0 Å². The van der Waals surface area contributed by atoms with Gasteiger partial charge >= 0.3 is 0 Å². The maximum absolute atomic E-state index is 4.32. The quantitative estimate of drug-likeness (QED) is 0.939. The van der Waals surface area contributed by atoms with Gasteiger partial charge in [0.05, 0.1) is 11.7 Å². The van der Waals surface area contributed by atoms with Crippen molar-refractivity contribution in [1.29, 1.82) is 0 Å². The lowest BCUT2D eigenvalue weighted by Gasteiger charge is -2.19. The highest BCUT2D eigenvalue weighted by atomic mass is 79.9. The van der Waals surface area contributed by atoms with E-state index in [0.29, 0.717) is 0 Å². The number of hydrogen-bond donors (Lipinski definition) is 1. The van der Waals surface area contributed by atoms with Crippen molar-refractivity contribution in [2.45, 2.75) is 19.5 Å². The van der Waals surface area contributed by atoms with E-state index in [-0.39, 0.29) is 6.04 Å². The Hall–Kier alpha value is -1.13. The molecule has 1 aromatic heterocycles.